The van der Waals surface area contributed by atoms with Gasteiger partial charge in [0.1, 0.15) is 11.5 Å². The van der Waals surface area contributed by atoms with Gasteiger partial charge in [-0.2, -0.15) is 0 Å². The van der Waals surface area contributed by atoms with E-state index in [0.29, 0.717) is 35.8 Å². The van der Waals surface area contributed by atoms with Crippen LogP contribution in [0.2, 0.25) is 0 Å². The Balaban J connectivity index is 1.61. The van der Waals surface area contributed by atoms with Gasteiger partial charge in [0, 0.05) is 18.5 Å². The highest BCUT2D eigenvalue weighted by molar-refractivity contribution is 7.95. The number of fused-ring (bicyclic) bond motifs is 1. The van der Waals surface area contributed by atoms with Crippen molar-refractivity contribution >= 4 is 27.3 Å². The molecule has 2 aliphatic rings. The first kappa shape index (κ1) is 18.6. The van der Waals surface area contributed by atoms with Gasteiger partial charge >= 0.3 is 0 Å². The summed E-state index contributed by atoms with van der Waals surface area (Å²) in [5, 5.41) is 2.75. The molecule has 2 aromatic rings. The number of rotatable bonds is 5. The average molecular weight is 402 g/mol. The second-order valence-electron chi connectivity index (χ2n) is 7.18. The number of sulfonamides is 1. The van der Waals surface area contributed by atoms with E-state index in [0.717, 1.165) is 5.56 Å². The first-order chi connectivity index (χ1) is 13.3. The maximum atomic E-state index is 13.2. The number of ether oxygens (including phenoxy) is 2. The molecule has 1 heterocycles. The van der Waals surface area contributed by atoms with Gasteiger partial charge in [-0.05, 0) is 37.6 Å². The van der Waals surface area contributed by atoms with E-state index < -0.39 is 20.7 Å². The number of carbonyl (C=O) groups is 1. The number of carbonyl (C=O) groups excluding carboxylic acids is 1. The molecule has 148 valence electrons. The minimum absolute atomic E-state index is 0.219. The number of hydrogen-bond donors (Lipinski definition) is 1. The fraction of sp³-hybridized carbons (Fsp3) is 0.350. The molecule has 1 aliphatic carbocycles. The van der Waals surface area contributed by atoms with Crippen molar-refractivity contribution in [3.8, 4) is 11.5 Å². The summed E-state index contributed by atoms with van der Waals surface area (Å²) in [7, 11) is -0.802. The highest BCUT2D eigenvalue weighted by Gasteiger charge is 2.75. The van der Waals surface area contributed by atoms with Crippen LogP contribution in [-0.2, 0) is 14.8 Å². The Kier molecular flexibility index (Phi) is 4.26. The summed E-state index contributed by atoms with van der Waals surface area (Å²) in [6.07, 6.45) is 0.335. The maximum absolute atomic E-state index is 13.2. The Morgan fingerprint density at radius 2 is 1.86 bits per heavy atom. The number of benzene rings is 2. The molecule has 1 N–H and O–H groups in total. The minimum Gasteiger partial charge on any atom is -0.497 e. The minimum atomic E-state index is -3.82. The van der Waals surface area contributed by atoms with E-state index in [9.17, 15) is 13.2 Å². The van der Waals surface area contributed by atoms with Crippen molar-refractivity contribution in [2.45, 2.75) is 18.1 Å². The second-order valence-corrected chi connectivity index (χ2v) is 9.30. The lowest BCUT2D eigenvalue weighted by molar-refractivity contribution is -0.116. The zero-order valence-electron chi connectivity index (χ0n) is 15.9. The maximum Gasteiger partial charge on any atom is 0.250 e. The molecular weight excluding hydrogens is 380 g/mol. The largest absolute Gasteiger partial charge is 0.497 e. The molecule has 0 aromatic heterocycles. The number of nitrogens with one attached hydrogen (secondary N) is 1. The number of methoxy groups -OCH3 is 2. The van der Waals surface area contributed by atoms with Crippen molar-refractivity contribution in [2.75, 3.05) is 30.4 Å². The SMILES string of the molecule is COc1ccc(NC(=O)[C@]23C[C@H]2CN(c2ccc(C)cc2)S3(=O)=O)c(OC)c1. The van der Waals surface area contributed by atoms with Gasteiger partial charge in [0.25, 0.3) is 0 Å². The fourth-order valence-electron chi connectivity index (χ4n) is 3.81. The molecule has 28 heavy (non-hydrogen) atoms. The Morgan fingerprint density at radius 3 is 2.50 bits per heavy atom. The Labute approximate surface area is 164 Å². The second kappa shape index (κ2) is 6.41. The van der Waals surface area contributed by atoms with Crippen LogP contribution in [0.4, 0.5) is 11.4 Å². The molecule has 2 atom stereocenters. The highest BCUT2D eigenvalue weighted by Crippen LogP contribution is 2.58. The molecule has 0 unspecified atom stereocenters. The molecule has 4 rings (SSSR count). The predicted octanol–water partition coefficient (Wildman–Crippen LogP) is 2.56. The number of hydrogen-bond acceptors (Lipinski definition) is 5. The van der Waals surface area contributed by atoms with E-state index in [-0.39, 0.29) is 5.92 Å². The average Bonchev–Trinajstić information content (AvgIpc) is 3.38. The molecule has 0 bridgehead atoms. The van der Waals surface area contributed by atoms with Crippen LogP contribution in [0.25, 0.3) is 0 Å². The van der Waals surface area contributed by atoms with Crippen molar-refractivity contribution in [1.29, 1.82) is 0 Å². The highest BCUT2D eigenvalue weighted by atomic mass is 32.2. The number of amides is 1. The summed E-state index contributed by atoms with van der Waals surface area (Å²) in [6, 6.07) is 12.2. The summed E-state index contributed by atoms with van der Waals surface area (Å²) >= 11 is 0. The lowest BCUT2D eigenvalue weighted by Gasteiger charge is -2.23. The van der Waals surface area contributed by atoms with Crippen molar-refractivity contribution in [2.24, 2.45) is 5.92 Å². The van der Waals surface area contributed by atoms with Gasteiger partial charge in [-0.3, -0.25) is 9.10 Å². The molecule has 1 aliphatic heterocycles. The molecule has 1 saturated heterocycles. The zero-order valence-corrected chi connectivity index (χ0v) is 16.7. The van der Waals surface area contributed by atoms with Crippen LogP contribution in [0.1, 0.15) is 12.0 Å². The standard InChI is InChI=1S/C20H22N2O5S/c1-13-4-6-15(7-5-13)22-12-14-11-20(14,28(22,24)25)19(23)21-17-9-8-16(26-2)10-18(17)27-3/h4-10,14H,11-12H2,1-3H3,(H,21,23)/t14-,20-/m0/s1. The smallest absolute Gasteiger partial charge is 0.250 e. The third kappa shape index (κ3) is 2.63. The summed E-state index contributed by atoms with van der Waals surface area (Å²) in [5.41, 5.74) is 2.05. The molecule has 7 nitrogen and oxygen atoms in total. The molecule has 0 radical (unpaired) electrons. The Morgan fingerprint density at radius 1 is 1.14 bits per heavy atom. The summed E-state index contributed by atoms with van der Waals surface area (Å²) < 4.78 is 36.9. The van der Waals surface area contributed by atoms with Crippen LogP contribution in [0.5, 0.6) is 11.5 Å². The van der Waals surface area contributed by atoms with Gasteiger partial charge in [-0.15, -0.1) is 0 Å². The molecular formula is C20H22N2O5S. The third-order valence-electron chi connectivity index (χ3n) is 5.55. The van der Waals surface area contributed by atoms with Gasteiger partial charge in [-0.1, -0.05) is 17.7 Å². The molecule has 1 saturated carbocycles. The van der Waals surface area contributed by atoms with E-state index in [1.807, 2.05) is 19.1 Å². The van der Waals surface area contributed by atoms with Crippen LogP contribution in [0.15, 0.2) is 42.5 Å². The third-order valence-corrected chi connectivity index (χ3v) is 8.10. The van der Waals surface area contributed by atoms with Gasteiger partial charge in [0.2, 0.25) is 15.9 Å². The number of aryl methyl sites for hydroxylation is 1. The molecule has 8 heteroatoms. The molecule has 2 aromatic carbocycles. The van der Waals surface area contributed by atoms with E-state index >= 15 is 0 Å². The number of anilines is 2. The molecule has 0 spiro atoms. The van der Waals surface area contributed by atoms with Crippen LogP contribution in [0.3, 0.4) is 0 Å². The van der Waals surface area contributed by atoms with Gasteiger partial charge in [0.05, 0.1) is 25.6 Å². The quantitative estimate of drug-likeness (QED) is 0.831. The summed E-state index contributed by atoms with van der Waals surface area (Å²) in [4.78, 5) is 13.0. The van der Waals surface area contributed by atoms with E-state index in [1.165, 1.54) is 18.5 Å². The van der Waals surface area contributed by atoms with E-state index in [1.54, 1.807) is 30.3 Å². The summed E-state index contributed by atoms with van der Waals surface area (Å²) in [5.74, 6) is 0.252. The number of nitrogens with zero attached hydrogens (tertiary/aromatic N) is 1. The van der Waals surface area contributed by atoms with Crippen LogP contribution in [-0.4, -0.2) is 39.8 Å². The Bertz CT molecular complexity index is 1040. The fourth-order valence-corrected chi connectivity index (χ4v) is 6.17. The first-order valence-corrected chi connectivity index (χ1v) is 10.4. The van der Waals surface area contributed by atoms with Crippen LogP contribution < -0.4 is 19.1 Å². The van der Waals surface area contributed by atoms with E-state index in [2.05, 4.69) is 5.32 Å². The lowest BCUT2D eigenvalue weighted by atomic mass is 10.2. The van der Waals surface area contributed by atoms with Gasteiger partial charge < -0.3 is 14.8 Å². The van der Waals surface area contributed by atoms with Crippen LogP contribution >= 0.6 is 0 Å². The first-order valence-electron chi connectivity index (χ1n) is 8.96. The summed E-state index contributed by atoms with van der Waals surface area (Å²) in [6.45, 7) is 2.26. The normalized spacial score (nSPS) is 24.4. The predicted molar refractivity (Wildman–Crippen MR) is 106 cm³/mol. The van der Waals surface area contributed by atoms with E-state index in [4.69, 9.17) is 9.47 Å². The van der Waals surface area contributed by atoms with Gasteiger partial charge in [0.15, 0.2) is 4.75 Å². The van der Waals surface area contributed by atoms with Crippen LogP contribution in [0, 0.1) is 12.8 Å². The zero-order chi connectivity index (χ0) is 20.1. The van der Waals surface area contributed by atoms with Gasteiger partial charge in [-0.25, -0.2) is 8.42 Å². The van der Waals surface area contributed by atoms with Crippen molar-refractivity contribution in [1.82, 2.24) is 0 Å². The monoisotopic (exact) mass is 402 g/mol. The molecule has 1 amide bonds. The lowest BCUT2D eigenvalue weighted by Crippen LogP contribution is -2.42. The topological polar surface area (TPSA) is 84.9 Å². The van der Waals surface area contributed by atoms with Crippen molar-refractivity contribution < 1.29 is 22.7 Å². The van der Waals surface area contributed by atoms with Crippen molar-refractivity contribution in [3.05, 3.63) is 48.0 Å². The Hall–Kier alpha value is -2.74. The molecule has 2 fully saturated rings. The van der Waals surface area contributed by atoms with Crippen molar-refractivity contribution in [3.63, 3.8) is 0 Å².